The van der Waals surface area contributed by atoms with E-state index in [-0.39, 0.29) is 6.10 Å². The van der Waals surface area contributed by atoms with Crippen molar-refractivity contribution in [3.63, 3.8) is 0 Å². The Morgan fingerprint density at radius 3 is 2.43 bits per heavy atom. The van der Waals surface area contributed by atoms with Gasteiger partial charge in [-0.1, -0.05) is 0 Å². The van der Waals surface area contributed by atoms with Gasteiger partial charge in [-0.2, -0.15) is 0 Å². The van der Waals surface area contributed by atoms with Crippen LogP contribution in [0.5, 0.6) is 0 Å². The van der Waals surface area contributed by atoms with Gasteiger partial charge in [0.25, 0.3) is 0 Å². The summed E-state index contributed by atoms with van der Waals surface area (Å²) in [5.41, 5.74) is 0. The Morgan fingerprint density at radius 2 is 2.29 bits per heavy atom. The van der Waals surface area contributed by atoms with Crippen LogP contribution in [-0.4, -0.2) is 17.5 Å². The van der Waals surface area contributed by atoms with E-state index >= 15 is 0 Å². The van der Waals surface area contributed by atoms with Gasteiger partial charge in [0.1, 0.15) is 0 Å². The first kappa shape index (κ1) is 5.06. The molecule has 0 saturated carbocycles. The summed E-state index contributed by atoms with van der Waals surface area (Å²) in [6.45, 7) is 1.97. The molecule has 1 aliphatic heterocycles. The number of rotatable bonds is 0. The van der Waals surface area contributed by atoms with Crippen LogP contribution >= 0.6 is 0 Å². The molecule has 1 heterocycles. The molecule has 0 aromatic rings. The predicted octanol–water partition coefficient (Wildman–Crippen LogP) is 0.504. The van der Waals surface area contributed by atoms with Gasteiger partial charge in [-0.3, -0.25) is 0 Å². The molecule has 0 aliphatic carbocycles. The van der Waals surface area contributed by atoms with Gasteiger partial charge in [0.15, 0.2) is 6.29 Å². The fraction of sp³-hybridized carbons (Fsp3) is 1.00. The molecule has 0 amide bonds. The molecule has 0 bridgehead atoms. The molecule has 1 unspecified atom stereocenters. The van der Waals surface area contributed by atoms with Crippen LogP contribution in [0.2, 0.25) is 0 Å². The van der Waals surface area contributed by atoms with Crippen LogP contribution in [0.25, 0.3) is 0 Å². The molecule has 2 nitrogen and oxygen atoms in total. The summed E-state index contributed by atoms with van der Waals surface area (Å²) in [5.74, 6) is 0. The molecule has 1 saturated heterocycles. The van der Waals surface area contributed by atoms with Crippen molar-refractivity contribution >= 4 is 0 Å². The van der Waals surface area contributed by atoms with Crippen LogP contribution in [-0.2, 0) is 4.74 Å². The van der Waals surface area contributed by atoms with Crippen LogP contribution in [0.1, 0.15) is 19.8 Å². The summed E-state index contributed by atoms with van der Waals surface area (Å²) < 4.78 is 4.92. The highest BCUT2D eigenvalue weighted by molar-refractivity contribution is 4.60. The van der Waals surface area contributed by atoms with Gasteiger partial charge in [0.2, 0.25) is 0 Å². The minimum Gasteiger partial charge on any atom is -0.368 e. The molecule has 1 aliphatic rings. The van der Waals surface area contributed by atoms with E-state index in [1.165, 1.54) is 0 Å². The zero-order valence-electron chi connectivity index (χ0n) is 4.42. The molecule has 42 valence electrons. The highest BCUT2D eigenvalue weighted by Crippen LogP contribution is 2.15. The monoisotopic (exact) mass is 102 g/mol. The van der Waals surface area contributed by atoms with E-state index in [9.17, 15) is 0 Å². The lowest BCUT2D eigenvalue weighted by molar-refractivity contribution is -0.0849. The van der Waals surface area contributed by atoms with Crippen molar-refractivity contribution in [2.24, 2.45) is 0 Å². The van der Waals surface area contributed by atoms with Crippen molar-refractivity contribution in [3.8, 4) is 0 Å². The van der Waals surface area contributed by atoms with Crippen LogP contribution in [0.4, 0.5) is 0 Å². The molecule has 2 heteroatoms. The standard InChI is InChI=1S/C5H10O2/c1-4-2-3-5(6)7-4/h4-6H,2-3H2,1H3/t4-,5?/m1/s1. The summed E-state index contributed by atoms with van der Waals surface area (Å²) in [6.07, 6.45) is 1.60. The SMILES string of the molecule is C[C@@H]1CCC(O)O1. The third-order valence-electron chi connectivity index (χ3n) is 1.21. The van der Waals surface area contributed by atoms with Crippen molar-refractivity contribution < 1.29 is 9.84 Å². The Bertz CT molecular complexity index is 55.1. The van der Waals surface area contributed by atoms with Gasteiger partial charge in [0.05, 0.1) is 6.10 Å². The maximum atomic E-state index is 8.68. The van der Waals surface area contributed by atoms with Crippen LogP contribution in [0.3, 0.4) is 0 Å². The van der Waals surface area contributed by atoms with E-state index in [4.69, 9.17) is 9.84 Å². The molecular weight excluding hydrogens is 92.1 g/mol. The van der Waals surface area contributed by atoms with Gasteiger partial charge < -0.3 is 9.84 Å². The highest BCUT2D eigenvalue weighted by atomic mass is 16.6. The molecule has 0 aromatic carbocycles. The fourth-order valence-corrected chi connectivity index (χ4v) is 0.782. The Hall–Kier alpha value is -0.0800. The topological polar surface area (TPSA) is 29.5 Å². The zero-order valence-corrected chi connectivity index (χ0v) is 4.42. The third kappa shape index (κ3) is 1.14. The molecule has 1 N–H and O–H groups in total. The number of aliphatic hydroxyl groups is 1. The average Bonchev–Trinajstić information content (AvgIpc) is 1.87. The molecule has 1 rings (SSSR count). The van der Waals surface area contributed by atoms with Gasteiger partial charge in [-0.15, -0.1) is 0 Å². The number of hydrogen-bond donors (Lipinski definition) is 1. The maximum absolute atomic E-state index is 8.68. The van der Waals surface area contributed by atoms with E-state index in [2.05, 4.69) is 0 Å². The molecule has 0 radical (unpaired) electrons. The van der Waals surface area contributed by atoms with Gasteiger partial charge in [-0.25, -0.2) is 0 Å². The minimum absolute atomic E-state index is 0.273. The van der Waals surface area contributed by atoms with Crippen molar-refractivity contribution in [2.45, 2.75) is 32.2 Å². The summed E-state index contributed by atoms with van der Waals surface area (Å²) in [7, 11) is 0. The van der Waals surface area contributed by atoms with Crippen molar-refractivity contribution in [1.29, 1.82) is 0 Å². The van der Waals surface area contributed by atoms with E-state index in [1.54, 1.807) is 0 Å². The van der Waals surface area contributed by atoms with Gasteiger partial charge in [-0.05, 0) is 13.3 Å². The first-order chi connectivity index (χ1) is 3.29. The molecule has 2 atom stereocenters. The Morgan fingerprint density at radius 1 is 1.57 bits per heavy atom. The van der Waals surface area contributed by atoms with E-state index in [0.717, 1.165) is 12.8 Å². The lowest BCUT2D eigenvalue weighted by Gasteiger charge is -2.00. The molecule has 7 heavy (non-hydrogen) atoms. The quantitative estimate of drug-likeness (QED) is 0.482. The highest BCUT2D eigenvalue weighted by Gasteiger charge is 2.17. The summed E-state index contributed by atoms with van der Waals surface area (Å²) in [4.78, 5) is 0. The third-order valence-corrected chi connectivity index (χ3v) is 1.21. The Balaban J connectivity index is 2.26. The van der Waals surface area contributed by atoms with Gasteiger partial charge in [0, 0.05) is 6.42 Å². The van der Waals surface area contributed by atoms with Crippen LogP contribution in [0, 0.1) is 0 Å². The number of hydrogen-bond acceptors (Lipinski definition) is 2. The van der Waals surface area contributed by atoms with Crippen molar-refractivity contribution in [1.82, 2.24) is 0 Å². The average molecular weight is 102 g/mol. The number of ether oxygens (including phenoxy) is 1. The predicted molar refractivity (Wildman–Crippen MR) is 25.8 cm³/mol. The molecular formula is C5H10O2. The smallest absolute Gasteiger partial charge is 0.154 e. The molecule has 1 fully saturated rings. The van der Waals surface area contributed by atoms with E-state index in [0.29, 0.717) is 0 Å². The second kappa shape index (κ2) is 1.80. The fourth-order valence-electron chi connectivity index (χ4n) is 0.782. The second-order valence-electron chi connectivity index (χ2n) is 1.98. The van der Waals surface area contributed by atoms with Crippen LogP contribution in [0.15, 0.2) is 0 Å². The van der Waals surface area contributed by atoms with Crippen LogP contribution < -0.4 is 0 Å². The summed E-state index contributed by atoms with van der Waals surface area (Å²) in [6, 6.07) is 0. The van der Waals surface area contributed by atoms with Crippen molar-refractivity contribution in [3.05, 3.63) is 0 Å². The molecule has 0 aromatic heterocycles. The summed E-state index contributed by atoms with van der Waals surface area (Å²) in [5, 5.41) is 8.68. The maximum Gasteiger partial charge on any atom is 0.154 e. The normalized spacial score (nSPS) is 42.0. The van der Waals surface area contributed by atoms with Crippen molar-refractivity contribution in [2.75, 3.05) is 0 Å². The van der Waals surface area contributed by atoms with Gasteiger partial charge >= 0.3 is 0 Å². The zero-order chi connectivity index (χ0) is 5.28. The Kier molecular flexibility index (Phi) is 1.30. The van der Waals surface area contributed by atoms with E-state index in [1.807, 2.05) is 6.92 Å². The lowest BCUT2D eigenvalue weighted by Crippen LogP contribution is -2.05. The van der Waals surface area contributed by atoms with E-state index < -0.39 is 6.29 Å². The second-order valence-corrected chi connectivity index (χ2v) is 1.98. The molecule has 0 spiro atoms. The summed E-state index contributed by atoms with van der Waals surface area (Å²) >= 11 is 0. The lowest BCUT2D eigenvalue weighted by atomic mass is 10.3. The number of aliphatic hydroxyl groups excluding tert-OH is 1. The first-order valence-corrected chi connectivity index (χ1v) is 2.62. The first-order valence-electron chi connectivity index (χ1n) is 2.62. The Labute approximate surface area is 43.1 Å². The minimum atomic E-state index is -0.477. The largest absolute Gasteiger partial charge is 0.368 e.